The summed E-state index contributed by atoms with van der Waals surface area (Å²) in [6, 6.07) is 6.19. The quantitative estimate of drug-likeness (QED) is 0.593. The average Bonchev–Trinajstić information content (AvgIpc) is 2.39. The Balaban J connectivity index is 3.29. The molecule has 0 saturated carbocycles. The van der Waals surface area contributed by atoms with Crippen molar-refractivity contribution in [3.05, 3.63) is 29.3 Å². The van der Waals surface area contributed by atoms with Crippen molar-refractivity contribution >= 4 is 34.8 Å². The molecule has 0 unspecified atom stereocenters. The van der Waals surface area contributed by atoms with Gasteiger partial charge in [-0.25, -0.2) is 0 Å². The molecule has 0 radical (unpaired) electrons. The Kier molecular flexibility index (Phi) is 5.79. The summed E-state index contributed by atoms with van der Waals surface area (Å²) < 4.78 is 0. The lowest BCUT2D eigenvalue weighted by Crippen LogP contribution is -2.32. The fourth-order valence-corrected chi connectivity index (χ4v) is 2.28. The number of carbonyl (C=O) groups is 1. The molecule has 0 aliphatic carbocycles. The highest BCUT2D eigenvalue weighted by atomic mass is 35.5. The summed E-state index contributed by atoms with van der Waals surface area (Å²) in [6.45, 7) is 4.13. The van der Waals surface area contributed by atoms with Crippen molar-refractivity contribution in [1.29, 1.82) is 0 Å². The zero-order valence-corrected chi connectivity index (χ0v) is 11.7. The van der Waals surface area contributed by atoms with Gasteiger partial charge in [-0.2, -0.15) is 0 Å². The molecule has 0 N–H and O–H groups in total. The van der Waals surface area contributed by atoms with Crippen LogP contribution in [0.25, 0.3) is 0 Å². The molecular weight excluding hydrogens is 257 g/mol. The second kappa shape index (κ2) is 6.87. The maximum absolute atomic E-state index is 11.8. The first-order valence-corrected chi connectivity index (χ1v) is 6.79. The summed E-state index contributed by atoms with van der Waals surface area (Å²) in [5, 5.41) is 0. The van der Waals surface area contributed by atoms with E-state index in [9.17, 15) is 4.79 Å². The molecule has 0 atom stereocenters. The van der Waals surface area contributed by atoms with E-state index in [0.717, 1.165) is 29.7 Å². The van der Waals surface area contributed by atoms with Crippen LogP contribution < -0.4 is 4.90 Å². The standard InChI is InChI=1S/C13H17Cl2NO/c1-3-10-6-5-7-11(4-2)13(10)16(9-15)12(17)8-14/h5-7H,3-4,8-9H2,1-2H3. The van der Waals surface area contributed by atoms with Crippen LogP contribution in [0.1, 0.15) is 25.0 Å². The first-order chi connectivity index (χ1) is 8.19. The maximum atomic E-state index is 11.8. The average molecular weight is 274 g/mol. The lowest BCUT2D eigenvalue weighted by Gasteiger charge is -2.24. The summed E-state index contributed by atoms with van der Waals surface area (Å²) in [5.74, 6) is -0.203. The van der Waals surface area contributed by atoms with E-state index < -0.39 is 0 Å². The molecule has 0 saturated heterocycles. The molecule has 1 rings (SSSR count). The highest BCUT2D eigenvalue weighted by Gasteiger charge is 2.19. The van der Waals surface area contributed by atoms with E-state index >= 15 is 0 Å². The van der Waals surface area contributed by atoms with E-state index in [4.69, 9.17) is 23.2 Å². The lowest BCUT2D eigenvalue weighted by molar-refractivity contribution is -0.116. The largest absolute Gasteiger partial charge is 0.297 e. The molecule has 0 spiro atoms. The van der Waals surface area contributed by atoms with Crippen molar-refractivity contribution in [3.8, 4) is 0 Å². The predicted octanol–water partition coefficient (Wildman–Crippen LogP) is 3.58. The molecule has 1 aromatic carbocycles. The first kappa shape index (κ1) is 14.3. The van der Waals surface area contributed by atoms with Crippen molar-refractivity contribution in [1.82, 2.24) is 0 Å². The number of aryl methyl sites for hydroxylation is 2. The molecule has 0 fully saturated rings. The van der Waals surface area contributed by atoms with Crippen LogP contribution in [0.2, 0.25) is 0 Å². The number of hydrogen-bond donors (Lipinski definition) is 0. The molecular formula is C13H17Cl2NO. The fourth-order valence-electron chi connectivity index (χ4n) is 1.89. The Morgan fingerprint density at radius 3 is 2.06 bits per heavy atom. The molecule has 1 amide bonds. The van der Waals surface area contributed by atoms with Crippen LogP contribution in [0.5, 0.6) is 0 Å². The summed E-state index contributed by atoms with van der Waals surface area (Å²) in [5.41, 5.74) is 3.19. The highest BCUT2D eigenvalue weighted by Crippen LogP contribution is 2.27. The minimum Gasteiger partial charge on any atom is -0.297 e. The molecule has 1 aromatic rings. The number of anilines is 1. The number of para-hydroxylation sites is 1. The minimum absolute atomic E-state index is 0.0477. The van der Waals surface area contributed by atoms with Crippen LogP contribution in [0, 0.1) is 0 Å². The normalized spacial score (nSPS) is 10.4. The topological polar surface area (TPSA) is 20.3 Å². The third kappa shape index (κ3) is 3.14. The molecule has 0 aliphatic rings. The van der Waals surface area contributed by atoms with Gasteiger partial charge in [-0.3, -0.25) is 9.69 Å². The van der Waals surface area contributed by atoms with Gasteiger partial charge in [0.15, 0.2) is 0 Å². The van der Waals surface area contributed by atoms with Gasteiger partial charge in [-0.15, -0.1) is 23.2 Å². The number of hydrogen-bond acceptors (Lipinski definition) is 1. The molecule has 0 heterocycles. The van der Waals surface area contributed by atoms with Gasteiger partial charge in [0.2, 0.25) is 5.91 Å². The van der Waals surface area contributed by atoms with Gasteiger partial charge >= 0.3 is 0 Å². The lowest BCUT2D eigenvalue weighted by atomic mass is 10.0. The van der Waals surface area contributed by atoms with E-state index in [1.807, 2.05) is 18.2 Å². The first-order valence-electron chi connectivity index (χ1n) is 5.72. The summed E-state index contributed by atoms with van der Waals surface area (Å²) in [7, 11) is 0. The van der Waals surface area contributed by atoms with Gasteiger partial charge in [-0.1, -0.05) is 32.0 Å². The number of carbonyl (C=O) groups excluding carboxylic acids is 1. The van der Waals surface area contributed by atoms with Crippen LogP contribution in [0.3, 0.4) is 0 Å². The van der Waals surface area contributed by atoms with E-state index in [2.05, 4.69) is 13.8 Å². The van der Waals surface area contributed by atoms with Gasteiger partial charge < -0.3 is 0 Å². The van der Waals surface area contributed by atoms with Crippen LogP contribution in [-0.4, -0.2) is 17.8 Å². The van der Waals surface area contributed by atoms with Crippen molar-refractivity contribution < 1.29 is 4.79 Å². The molecule has 0 aliphatic heterocycles. The van der Waals surface area contributed by atoms with E-state index in [0.29, 0.717) is 0 Å². The van der Waals surface area contributed by atoms with Crippen molar-refractivity contribution in [3.63, 3.8) is 0 Å². The Morgan fingerprint density at radius 2 is 1.71 bits per heavy atom. The summed E-state index contributed by atoms with van der Waals surface area (Å²) >= 11 is 11.5. The summed E-state index contributed by atoms with van der Waals surface area (Å²) in [6.07, 6.45) is 1.73. The Hall–Kier alpha value is -0.730. The number of alkyl halides is 2. The van der Waals surface area contributed by atoms with Gasteiger partial charge in [0.25, 0.3) is 0 Å². The molecule has 0 aromatic heterocycles. The van der Waals surface area contributed by atoms with E-state index in [-0.39, 0.29) is 17.8 Å². The molecule has 4 heteroatoms. The van der Waals surface area contributed by atoms with Crippen molar-refractivity contribution in [2.24, 2.45) is 0 Å². The van der Waals surface area contributed by atoms with Gasteiger partial charge in [-0.05, 0) is 24.0 Å². The number of nitrogens with zero attached hydrogens (tertiary/aromatic N) is 1. The Morgan fingerprint density at radius 1 is 1.18 bits per heavy atom. The third-order valence-corrected chi connectivity index (χ3v) is 3.24. The zero-order valence-electron chi connectivity index (χ0n) is 10.2. The zero-order chi connectivity index (χ0) is 12.8. The number of halogens is 2. The minimum atomic E-state index is -0.155. The van der Waals surface area contributed by atoms with Crippen LogP contribution in [0.15, 0.2) is 18.2 Å². The van der Waals surface area contributed by atoms with Crippen LogP contribution >= 0.6 is 23.2 Å². The number of amides is 1. The second-order valence-corrected chi connectivity index (χ2v) is 4.21. The number of rotatable bonds is 5. The van der Waals surface area contributed by atoms with Gasteiger partial charge in [0.05, 0.1) is 5.69 Å². The van der Waals surface area contributed by atoms with Crippen LogP contribution in [0.4, 0.5) is 5.69 Å². The predicted molar refractivity (Wildman–Crippen MR) is 74.1 cm³/mol. The Bertz CT molecular complexity index is 371. The van der Waals surface area contributed by atoms with Gasteiger partial charge in [0.1, 0.15) is 11.9 Å². The van der Waals surface area contributed by atoms with Crippen molar-refractivity contribution in [2.75, 3.05) is 16.8 Å². The van der Waals surface area contributed by atoms with E-state index in [1.54, 1.807) is 4.90 Å². The molecule has 2 nitrogen and oxygen atoms in total. The van der Waals surface area contributed by atoms with Crippen LogP contribution in [-0.2, 0) is 17.6 Å². The van der Waals surface area contributed by atoms with Crippen molar-refractivity contribution in [2.45, 2.75) is 26.7 Å². The smallest absolute Gasteiger partial charge is 0.242 e. The highest BCUT2D eigenvalue weighted by molar-refractivity contribution is 6.31. The Labute approximate surface area is 113 Å². The fraction of sp³-hybridized carbons (Fsp3) is 0.462. The maximum Gasteiger partial charge on any atom is 0.242 e. The SMILES string of the molecule is CCc1cccc(CC)c1N(CCl)C(=O)CCl. The summed E-state index contributed by atoms with van der Waals surface area (Å²) in [4.78, 5) is 13.4. The molecule has 17 heavy (non-hydrogen) atoms. The second-order valence-electron chi connectivity index (χ2n) is 3.71. The molecule has 94 valence electrons. The monoisotopic (exact) mass is 273 g/mol. The van der Waals surface area contributed by atoms with Gasteiger partial charge in [0, 0.05) is 0 Å². The third-order valence-electron chi connectivity index (χ3n) is 2.77. The number of benzene rings is 1. The van der Waals surface area contributed by atoms with E-state index in [1.165, 1.54) is 0 Å². The molecule has 0 bridgehead atoms.